The van der Waals surface area contributed by atoms with Gasteiger partial charge in [0.1, 0.15) is 5.65 Å². The molecule has 0 unspecified atom stereocenters. The van der Waals surface area contributed by atoms with E-state index in [1.165, 1.54) is 0 Å². The van der Waals surface area contributed by atoms with Gasteiger partial charge in [-0.05, 0) is 43.2 Å². The van der Waals surface area contributed by atoms with Gasteiger partial charge in [-0.2, -0.15) is 0 Å². The molecule has 0 aliphatic heterocycles. The van der Waals surface area contributed by atoms with Gasteiger partial charge < -0.3 is 9.72 Å². The van der Waals surface area contributed by atoms with Crippen LogP contribution in [0, 0.1) is 13.8 Å². The molecule has 0 saturated heterocycles. The summed E-state index contributed by atoms with van der Waals surface area (Å²) in [6.45, 7) is 4.35. The van der Waals surface area contributed by atoms with Crippen LogP contribution in [-0.4, -0.2) is 21.1 Å². The Labute approximate surface area is 146 Å². The molecule has 3 rings (SSSR count). The zero-order valence-corrected chi connectivity index (χ0v) is 14.5. The molecule has 1 aromatic carbocycles. The molecule has 0 aliphatic carbocycles. The smallest absolute Gasteiger partial charge is 0.220 e. The Morgan fingerprint density at radius 2 is 1.92 bits per heavy atom. The number of ketones is 1. The van der Waals surface area contributed by atoms with Crippen molar-refractivity contribution < 1.29 is 9.59 Å². The Bertz CT molecular complexity index is 895. The number of carbonyl (C=O) groups is 2. The van der Waals surface area contributed by atoms with Crippen LogP contribution in [0.5, 0.6) is 0 Å². The summed E-state index contributed by atoms with van der Waals surface area (Å²) in [6, 6.07) is 11.4. The minimum absolute atomic E-state index is 0.00835. The molecular weight excluding hydrogens is 314 g/mol. The Morgan fingerprint density at radius 1 is 1.08 bits per heavy atom. The van der Waals surface area contributed by atoms with Crippen LogP contribution >= 0.6 is 0 Å². The standard InChI is InChI=1S/C20H21N3O2/c1-14-6-7-16(11-15(14)2)18(24)8-9-20(25)21-12-17-13-23-10-4-3-5-19(23)22-17/h3-7,10-11,13H,8-9,12H2,1-2H3,(H,21,25). The number of nitrogens with one attached hydrogen (secondary N) is 1. The first-order valence-electron chi connectivity index (χ1n) is 8.33. The third-order valence-corrected chi connectivity index (χ3v) is 4.29. The van der Waals surface area contributed by atoms with Gasteiger partial charge in [-0.3, -0.25) is 9.59 Å². The summed E-state index contributed by atoms with van der Waals surface area (Å²) >= 11 is 0. The van der Waals surface area contributed by atoms with Crippen molar-refractivity contribution in [3.05, 3.63) is 71.2 Å². The number of aromatic nitrogens is 2. The van der Waals surface area contributed by atoms with Gasteiger partial charge in [-0.25, -0.2) is 4.98 Å². The van der Waals surface area contributed by atoms with Crippen molar-refractivity contribution in [3.63, 3.8) is 0 Å². The first-order chi connectivity index (χ1) is 12.0. The summed E-state index contributed by atoms with van der Waals surface area (Å²) in [4.78, 5) is 28.6. The van der Waals surface area contributed by atoms with Crippen molar-refractivity contribution in [1.29, 1.82) is 0 Å². The average Bonchev–Trinajstić information content (AvgIpc) is 3.03. The van der Waals surface area contributed by atoms with Gasteiger partial charge in [-0.15, -0.1) is 0 Å². The number of carbonyl (C=O) groups excluding carboxylic acids is 2. The van der Waals surface area contributed by atoms with Crippen LogP contribution in [0.25, 0.3) is 5.65 Å². The zero-order chi connectivity index (χ0) is 17.8. The lowest BCUT2D eigenvalue weighted by atomic mass is 10.0. The Kier molecular flexibility index (Phi) is 4.93. The molecule has 5 heteroatoms. The summed E-state index contributed by atoms with van der Waals surface area (Å²) in [6.07, 6.45) is 4.18. The van der Waals surface area contributed by atoms with Crippen LogP contribution in [0.3, 0.4) is 0 Å². The second-order valence-corrected chi connectivity index (χ2v) is 6.20. The van der Waals surface area contributed by atoms with Gasteiger partial charge in [0, 0.05) is 30.8 Å². The van der Waals surface area contributed by atoms with Gasteiger partial charge >= 0.3 is 0 Å². The highest BCUT2D eigenvalue weighted by atomic mass is 16.2. The minimum atomic E-state index is -0.144. The third kappa shape index (κ3) is 4.12. The monoisotopic (exact) mass is 335 g/mol. The van der Waals surface area contributed by atoms with Crippen molar-refractivity contribution >= 4 is 17.3 Å². The second-order valence-electron chi connectivity index (χ2n) is 6.20. The fourth-order valence-electron chi connectivity index (χ4n) is 2.64. The predicted molar refractivity (Wildman–Crippen MR) is 96.5 cm³/mol. The number of pyridine rings is 1. The number of hydrogen-bond donors (Lipinski definition) is 1. The molecular formula is C20H21N3O2. The first kappa shape index (κ1) is 16.9. The van der Waals surface area contributed by atoms with Gasteiger partial charge in [0.05, 0.1) is 12.2 Å². The molecule has 25 heavy (non-hydrogen) atoms. The summed E-state index contributed by atoms with van der Waals surface area (Å²) in [5.74, 6) is -0.153. The quantitative estimate of drug-likeness (QED) is 0.704. The summed E-state index contributed by atoms with van der Waals surface area (Å²) in [5.41, 5.74) is 4.54. The largest absolute Gasteiger partial charge is 0.350 e. The van der Waals surface area contributed by atoms with Crippen molar-refractivity contribution in [1.82, 2.24) is 14.7 Å². The predicted octanol–water partition coefficient (Wildman–Crippen LogP) is 3.23. The Morgan fingerprint density at radius 3 is 2.68 bits per heavy atom. The molecule has 0 fully saturated rings. The lowest BCUT2D eigenvalue weighted by Crippen LogP contribution is -2.23. The molecule has 1 N–H and O–H groups in total. The van der Waals surface area contributed by atoms with E-state index in [0.29, 0.717) is 12.1 Å². The first-order valence-corrected chi connectivity index (χ1v) is 8.33. The number of hydrogen-bond acceptors (Lipinski definition) is 3. The van der Waals surface area contributed by atoms with E-state index in [0.717, 1.165) is 22.5 Å². The minimum Gasteiger partial charge on any atom is -0.350 e. The molecule has 0 radical (unpaired) electrons. The van der Waals surface area contributed by atoms with E-state index in [2.05, 4.69) is 10.3 Å². The van der Waals surface area contributed by atoms with Crippen LogP contribution in [0.15, 0.2) is 48.8 Å². The van der Waals surface area contributed by atoms with E-state index >= 15 is 0 Å². The van der Waals surface area contributed by atoms with Gasteiger partial charge in [0.2, 0.25) is 5.91 Å². The number of nitrogens with zero attached hydrogens (tertiary/aromatic N) is 2. The molecule has 128 valence electrons. The SMILES string of the molecule is Cc1ccc(C(=O)CCC(=O)NCc2cn3ccccc3n2)cc1C. The number of fused-ring (bicyclic) bond motifs is 1. The van der Waals surface area contributed by atoms with Crippen LogP contribution in [0.2, 0.25) is 0 Å². The van der Waals surface area contributed by atoms with E-state index in [1.54, 1.807) is 0 Å². The van der Waals surface area contributed by atoms with Crippen molar-refractivity contribution in [3.8, 4) is 0 Å². The van der Waals surface area contributed by atoms with Crippen LogP contribution < -0.4 is 5.32 Å². The van der Waals surface area contributed by atoms with E-state index in [-0.39, 0.29) is 24.5 Å². The third-order valence-electron chi connectivity index (χ3n) is 4.29. The van der Waals surface area contributed by atoms with Crippen LogP contribution in [0.1, 0.15) is 40.0 Å². The molecule has 3 aromatic rings. The van der Waals surface area contributed by atoms with Gasteiger partial charge in [0.25, 0.3) is 0 Å². The topological polar surface area (TPSA) is 63.5 Å². The lowest BCUT2D eigenvalue weighted by Gasteiger charge is -2.05. The fourth-order valence-corrected chi connectivity index (χ4v) is 2.64. The highest BCUT2D eigenvalue weighted by Crippen LogP contribution is 2.12. The Hall–Kier alpha value is -2.95. The number of amides is 1. The van der Waals surface area contributed by atoms with Gasteiger partial charge in [0.15, 0.2) is 5.78 Å². The lowest BCUT2D eigenvalue weighted by molar-refractivity contribution is -0.121. The molecule has 0 aliphatic rings. The van der Waals surface area contributed by atoms with Crippen molar-refractivity contribution in [2.24, 2.45) is 0 Å². The maximum absolute atomic E-state index is 12.2. The highest BCUT2D eigenvalue weighted by molar-refractivity contribution is 5.98. The molecule has 2 heterocycles. The summed E-state index contributed by atoms with van der Waals surface area (Å²) in [7, 11) is 0. The van der Waals surface area contributed by atoms with Crippen molar-refractivity contribution in [2.75, 3.05) is 0 Å². The van der Waals surface area contributed by atoms with E-state index in [1.807, 2.05) is 67.0 Å². The molecule has 0 saturated carbocycles. The van der Waals surface area contributed by atoms with E-state index in [4.69, 9.17) is 0 Å². The summed E-state index contributed by atoms with van der Waals surface area (Å²) in [5, 5.41) is 2.82. The maximum atomic E-state index is 12.2. The number of aryl methyl sites for hydroxylation is 2. The molecule has 2 aromatic heterocycles. The molecule has 0 atom stereocenters. The molecule has 0 bridgehead atoms. The van der Waals surface area contributed by atoms with E-state index in [9.17, 15) is 9.59 Å². The number of benzene rings is 1. The average molecular weight is 335 g/mol. The maximum Gasteiger partial charge on any atom is 0.220 e. The second kappa shape index (κ2) is 7.30. The number of Topliss-reactive ketones (excluding diaryl/α,β-unsaturated/α-hetero) is 1. The van der Waals surface area contributed by atoms with Crippen LogP contribution in [0.4, 0.5) is 0 Å². The van der Waals surface area contributed by atoms with Crippen LogP contribution in [-0.2, 0) is 11.3 Å². The number of imidazole rings is 1. The fraction of sp³-hybridized carbons (Fsp3) is 0.250. The van der Waals surface area contributed by atoms with Crippen molar-refractivity contribution in [2.45, 2.75) is 33.2 Å². The normalized spacial score (nSPS) is 10.8. The molecule has 0 spiro atoms. The molecule has 5 nitrogen and oxygen atoms in total. The Balaban J connectivity index is 1.50. The summed E-state index contributed by atoms with van der Waals surface area (Å²) < 4.78 is 1.91. The number of rotatable bonds is 6. The molecule has 1 amide bonds. The van der Waals surface area contributed by atoms with E-state index < -0.39 is 0 Å². The highest BCUT2D eigenvalue weighted by Gasteiger charge is 2.10. The zero-order valence-electron chi connectivity index (χ0n) is 14.5. The van der Waals surface area contributed by atoms with Gasteiger partial charge in [-0.1, -0.05) is 18.2 Å².